The lowest BCUT2D eigenvalue weighted by Crippen LogP contribution is -2.06. The molecule has 8 rings (SSSR count). The molecule has 0 N–H and O–H groups in total. The van der Waals surface area contributed by atoms with Crippen LogP contribution in [-0.2, 0) is 0 Å². The van der Waals surface area contributed by atoms with E-state index in [-0.39, 0.29) is 0 Å². The van der Waals surface area contributed by atoms with Crippen molar-refractivity contribution in [3.63, 3.8) is 0 Å². The van der Waals surface area contributed by atoms with Crippen LogP contribution in [0.25, 0.3) is 70.8 Å². The molecule has 6 heteroatoms. The third-order valence-electron chi connectivity index (χ3n) is 6.93. The molecule has 0 radical (unpaired) electrons. The largest absolute Gasteiger partial charge is 0.277 e. The molecule has 0 atom stereocenters. The number of rotatable bonds is 3. The molecular weight excluding hydrogens is 486 g/mol. The topological polar surface area (TPSA) is 56.5 Å². The van der Waals surface area contributed by atoms with Crippen molar-refractivity contribution in [3.8, 4) is 28.7 Å². The molecule has 0 aliphatic rings. The summed E-state index contributed by atoms with van der Waals surface area (Å²) in [5.41, 5.74) is 4.00. The van der Waals surface area contributed by atoms with Crippen LogP contribution >= 0.6 is 11.3 Å². The van der Waals surface area contributed by atoms with Gasteiger partial charge in [0.15, 0.2) is 11.6 Å². The minimum absolute atomic E-state index is 0.590. The molecule has 0 bridgehead atoms. The van der Waals surface area contributed by atoms with Crippen molar-refractivity contribution in [2.24, 2.45) is 0 Å². The Morgan fingerprint density at radius 2 is 1.16 bits per heavy atom. The Kier molecular flexibility index (Phi) is 4.62. The number of para-hydroxylation sites is 1. The third-order valence-corrected chi connectivity index (χ3v) is 8.00. The molecule has 4 aromatic heterocycles. The molecular formula is C32H19N5S. The summed E-state index contributed by atoms with van der Waals surface area (Å²) in [5.74, 6) is 1.87. The molecule has 0 aliphatic heterocycles. The molecule has 4 aromatic carbocycles. The fraction of sp³-hybridized carbons (Fsp3) is 0. The molecule has 0 spiro atoms. The minimum Gasteiger partial charge on any atom is -0.277 e. The summed E-state index contributed by atoms with van der Waals surface area (Å²) >= 11 is 1.71. The van der Waals surface area contributed by atoms with Crippen molar-refractivity contribution in [2.75, 3.05) is 0 Å². The zero-order chi connectivity index (χ0) is 25.1. The molecule has 178 valence electrons. The van der Waals surface area contributed by atoms with Gasteiger partial charge in [0, 0.05) is 43.6 Å². The summed E-state index contributed by atoms with van der Waals surface area (Å²) in [6.45, 7) is 0. The lowest BCUT2D eigenvalue weighted by Gasteiger charge is -2.11. The molecule has 0 aliphatic carbocycles. The van der Waals surface area contributed by atoms with Gasteiger partial charge in [0.25, 0.3) is 0 Å². The van der Waals surface area contributed by atoms with Gasteiger partial charge in [-0.1, -0.05) is 97.1 Å². The number of nitrogens with zero attached hydrogens (tertiary/aromatic N) is 5. The third kappa shape index (κ3) is 3.17. The number of benzene rings is 4. The summed E-state index contributed by atoms with van der Waals surface area (Å²) in [5, 5.41) is 4.52. The maximum absolute atomic E-state index is 5.07. The highest BCUT2D eigenvalue weighted by molar-refractivity contribution is 7.25. The van der Waals surface area contributed by atoms with E-state index in [0.717, 1.165) is 43.1 Å². The van der Waals surface area contributed by atoms with Gasteiger partial charge in [-0.2, -0.15) is 9.97 Å². The molecule has 38 heavy (non-hydrogen) atoms. The maximum Gasteiger partial charge on any atom is 0.238 e. The Balaban J connectivity index is 1.54. The number of hydrogen-bond donors (Lipinski definition) is 0. The van der Waals surface area contributed by atoms with E-state index in [9.17, 15) is 0 Å². The van der Waals surface area contributed by atoms with Gasteiger partial charge in [0.1, 0.15) is 4.83 Å². The second kappa shape index (κ2) is 8.30. The monoisotopic (exact) mass is 505 g/mol. The first-order valence-electron chi connectivity index (χ1n) is 12.4. The molecule has 0 saturated heterocycles. The molecule has 0 unspecified atom stereocenters. The van der Waals surface area contributed by atoms with Gasteiger partial charge in [-0.25, -0.2) is 9.97 Å². The first-order valence-corrected chi connectivity index (χ1v) is 13.2. The van der Waals surface area contributed by atoms with Crippen molar-refractivity contribution >= 4 is 53.4 Å². The van der Waals surface area contributed by atoms with Gasteiger partial charge < -0.3 is 0 Å². The van der Waals surface area contributed by atoms with E-state index < -0.39 is 0 Å². The highest BCUT2D eigenvalue weighted by Gasteiger charge is 2.21. The van der Waals surface area contributed by atoms with Crippen molar-refractivity contribution in [2.45, 2.75) is 0 Å². The second-order valence-electron chi connectivity index (χ2n) is 9.17. The zero-order valence-electron chi connectivity index (χ0n) is 20.1. The fourth-order valence-corrected chi connectivity index (χ4v) is 6.27. The standard InChI is InChI=1S/C32H19N5S/c1-3-11-20(12-4-1)29-34-30(21-13-5-2-6-14-21)36-32(35-29)37-25-17-9-7-15-22(25)24-19-33-31-27(28(24)37)23-16-8-10-18-26(23)38-31/h1-19H. The average Bonchev–Trinajstić information content (AvgIpc) is 3.53. The first kappa shape index (κ1) is 21.2. The summed E-state index contributed by atoms with van der Waals surface area (Å²) in [6, 6.07) is 37.1. The normalized spacial score (nSPS) is 11.7. The van der Waals surface area contributed by atoms with Crippen LogP contribution in [0.1, 0.15) is 0 Å². The van der Waals surface area contributed by atoms with E-state index in [1.54, 1.807) is 11.3 Å². The number of hydrogen-bond acceptors (Lipinski definition) is 5. The van der Waals surface area contributed by atoms with Crippen LogP contribution in [0, 0.1) is 0 Å². The van der Waals surface area contributed by atoms with Crippen LogP contribution < -0.4 is 0 Å². The van der Waals surface area contributed by atoms with Crippen molar-refractivity contribution < 1.29 is 0 Å². The minimum atomic E-state index is 0.590. The number of aromatic nitrogens is 5. The van der Waals surface area contributed by atoms with Crippen molar-refractivity contribution in [1.29, 1.82) is 0 Å². The summed E-state index contributed by atoms with van der Waals surface area (Å²) in [7, 11) is 0. The van der Waals surface area contributed by atoms with E-state index >= 15 is 0 Å². The van der Waals surface area contributed by atoms with Crippen molar-refractivity contribution in [1.82, 2.24) is 24.5 Å². The zero-order valence-corrected chi connectivity index (χ0v) is 20.9. The summed E-state index contributed by atoms with van der Waals surface area (Å²) in [4.78, 5) is 20.9. The fourth-order valence-electron chi connectivity index (χ4n) is 5.22. The van der Waals surface area contributed by atoms with Crippen LogP contribution in [-0.4, -0.2) is 24.5 Å². The average molecular weight is 506 g/mol. The van der Waals surface area contributed by atoms with Gasteiger partial charge in [-0.05, 0) is 12.1 Å². The lowest BCUT2D eigenvalue weighted by atomic mass is 10.1. The van der Waals surface area contributed by atoms with Crippen LogP contribution in [0.2, 0.25) is 0 Å². The maximum atomic E-state index is 5.07. The Morgan fingerprint density at radius 3 is 1.87 bits per heavy atom. The highest BCUT2D eigenvalue weighted by atomic mass is 32.1. The number of pyridine rings is 1. The molecule has 0 amide bonds. The van der Waals surface area contributed by atoms with E-state index in [1.807, 2.05) is 66.9 Å². The molecule has 8 aromatic rings. The van der Waals surface area contributed by atoms with E-state index in [2.05, 4.69) is 53.1 Å². The molecule has 4 heterocycles. The number of fused-ring (bicyclic) bond motifs is 7. The Morgan fingerprint density at radius 1 is 0.553 bits per heavy atom. The van der Waals surface area contributed by atoms with Gasteiger partial charge in [-0.15, -0.1) is 11.3 Å². The van der Waals surface area contributed by atoms with Crippen LogP contribution in [0.4, 0.5) is 0 Å². The Labute approximate surface area is 221 Å². The molecule has 5 nitrogen and oxygen atoms in total. The smallest absolute Gasteiger partial charge is 0.238 e. The predicted octanol–water partition coefficient (Wildman–Crippen LogP) is 8.07. The van der Waals surface area contributed by atoms with E-state index in [4.69, 9.17) is 19.9 Å². The highest BCUT2D eigenvalue weighted by Crippen LogP contribution is 2.41. The quantitative estimate of drug-likeness (QED) is 0.244. The van der Waals surface area contributed by atoms with Gasteiger partial charge in [0.2, 0.25) is 5.95 Å². The summed E-state index contributed by atoms with van der Waals surface area (Å²) in [6.07, 6.45) is 1.99. The first-order chi connectivity index (χ1) is 18.8. The van der Waals surface area contributed by atoms with Crippen LogP contribution in [0.5, 0.6) is 0 Å². The van der Waals surface area contributed by atoms with Gasteiger partial charge in [-0.3, -0.25) is 4.57 Å². The second-order valence-corrected chi connectivity index (χ2v) is 10.2. The predicted molar refractivity (Wildman–Crippen MR) is 156 cm³/mol. The Hall–Kier alpha value is -4.94. The number of thiophene rings is 1. The van der Waals surface area contributed by atoms with Crippen molar-refractivity contribution in [3.05, 3.63) is 115 Å². The molecule has 0 saturated carbocycles. The lowest BCUT2D eigenvalue weighted by molar-refractivity contribution is 0.955. The summed E-state index contributed by atoms with van der Waals surface area (Å²) < 4.78 is 3.40. The van der Waals surface area contributed by atoms with Crippen LogP contribution in [0.3, 0.4) is 0 Å². The van der Waals surface area contributed by atoms with E-state index in [0.29, 0.717) is 17.6 Å². The SMILES string of the molecule is c1ccc(-c2nc(-c3ccccc3)nc(-n3c4ccccc4c4cnc5sc6ccccc6c5c43)n2)cc1. The van der Waals surface area contributed by atoms with Gasteiger partial charge in [0.05, 0.1) is 11.0 Å². The molecule has 0 fully saturated rings. The van der Waals surface area contributed by atoms with Gasteiger partial charge >= 0.3 is 0 Å². The van der Waals surface area contributed by atoms with E-state index in [1.165, 1.54) is 10.1 Å². The Bertz CT molecular complexity index is 2070. The van der Waals surface area contributed by atoms with Crippen LogP contribution in [0.15, 0.2) is 115 Å².